The largest absolute Gasteiger partial charge is 0.360 e. The summed E-state index contributed by atoms with van der Waals surface area (Å²) in [6, 6.07) is 12.6. The molecule has 2 aliphatic rings. The molecule has 6 nitrogen and oxygen atoms in total. The van der Waals surface area contributed by atoms with Crippen molar-refractivity contribution in [2.24, 2.45) is 7.05 Å². The summed E-state index contributed by atoms with van der Waals surface area (Å²) >= 11 is 0. The predicted molar refractivity (Wildman–Crippen MR) is 108 cm³/mol. The number of nitrogens with zero attached hydrogens (tertiary/aromatic N) is 4. The molecule has 1 atom stereocenters. The number of rotatable bonds is 5. The molecule has 1 aromatic heterocycles. The Bertz CT molecular complexity index is 796. The molecule has 0 radical (unpaired) electrons. The maximum Gasteiger partial charge on any atom is 0.251 e. The number of benzene rings is 1. The van der Waals surface area contributed by atoms with Crippen LogP contribution in [-0.2, 0) is 29.5 Å². The van der Waals surface area contributed by atoms with Crippen LogP contribution in [0.3, 0.4) is 0 Å². The van der Waals surface area contributed by atoms with Crippen LogP contribution >= 0.6 is 0 Å². The Morgan fingerprint density at radius 2 is 1.93 bits per heavy atom. The maximum absolute atomic E-state index is 12.6. The summed E-state index contributed by atoms with van der Waals surface area (Å²) in [5.41, 5.74) is 2.10. The van der Waals surface area contributed by atoms with Crippen molar-refractivity contribution in [1.82, 2.24) is 19.6 Å². The monoisotopic (exact) mass is 382 g/mol. The van der Waals surface area contributed by atoms with E-state index in [4.69, 9.17) is 4.74 Å². The third kappa shape index (κ3) is 4.28. The fourth-order valence-electron chi connectivity index (χ4n) is 4.41. The van der Waals surface area contributed by atoms with Gasteiger partial charge in [0.2, 0.25) is 0 Å². The van der Waals surface area contributed by atoms with Gasteiger partial charge in [0.1, 0.15) is 6.10 Å². The molecule has 6 heteroatoms. The molecular weight excluding hydrogens is 352 g/mol. The molecule has 2 aliphatic heterocycles. The lowest BCUT2D eigenvalue weighted by atomic mass is 9.88. The Balaban J connectivity index is 1.34. The number of carbonyl (C=O) groups is 1. The topological polar surface area (TPSA) is 50.6 Å². The van der Waals surface area contributed by atoms with E-state index in [0.717, 1.165) is 44.6 Å². The highest BCUT2D eigenvalue weighted by atomic mass is 16.5. The average Bonchev–Trinajstić information content (AvgIpc) is 3.11. The van der Waals surface area contributed by atoms with Crippen molar-refractivity contribution in [2.45, 2.75) is 44.4 Å². The molecule has 1 spiro atoms. The summed E-state index contributed by atoms with van der Waals surface area (Å²) in [6.07, 6.45) is 4.56. The standard InChI is InChI=1S/C22H30N4O2/c1-18-21(27)26(16-20-9-12-24(2)23-20)17-22(28-18)10-14-25(15-11-22)13-8-19-6-4-3-5-7-19/h3-7,9,12,18H,8,10-11,13-17H2,1-2H3. The van der Waals surface area contributed by atoms with Crippen LogP contribution < -0.4 is 0 Å². The Morgan fingerprint density at radius 3 is 2.61 bits per heavy atom. The molecule has 0 aliphatic carbocycles. The first-order valence-corrected chi connectivity index (χ1v) is 10.2. The molecular formula is C22H30N4O2. The first-order chi connectivity index (χ1) is 13.5. The van der Waals surface area contributed by atoms with E-state index in [9.17, 15) is 4.79 Å². The minimum absolute atomic E-state index is 0.0720. The molecule has 2 aromatic rings. The molecule has 28 heavy (non-hydrogen) atoms. The zero-order valence-corrected chi connectivity index (χ0v) is 16.9. The van der Waals surface area contributed by atoms with Crippen LogP contribution in [0.4, 0.5) is 0 Å². The Labute approximate surface area is 167 Å². The number of aryl methyl sites for hydroxylation is 1. The minimum Gasteiger partial charge on any atom is -0.360 e. The van der Waals surface area contributed by atoms with E-state index >= 15 is 0 Å². The number of aromatic nitrogens is 2. The molecule has 0 N–H and O–H groups in total. The van der Waals surface area contributed by atoms with E-state index in [1.807, 2.05) is 31.1 Å². The second-order valence-corrected chi connectivity index (χ2v) is 8.20. The zero-order valence-electron chi connectivity index (χ0n) is 16.9. The quantitative estimate of drug-likeness (QED) is 0.796. The van der Waals surface area contributed by atoms with Crippen LogP contribution in [0.15, 0.2) is 42.6 Å². The number of piperidine rings is 1. The van der Waals surface area contributed by atoms with Crippen LogP contribution in [0.5, 0.6) is 0 Å². The number of amides is 1. The lowest BCUT2D eigenvalue weighted by Gasteiger charge is -2.49. The third-order valence-corrected chi connectivity index (χ3v) is 6.01. The van der Waals surface area contributed by atoms with Crippen molar-refractivity contribution in [1.29, 1.82) is 0 Å². The summed E-state index contributed by atoms with van der Waals surface area (Å²) in [5, 5.41) is 4.44. The molecule has 1 aromatic carbocycles. The first kappa shape index (κ1) is 19.2. The van der Waals surface area contributed by atoms with Crippen molar-refractivity contribution >= 4 is 5.91 Å². The van der Waals surface area contributed by atoms with Gasteiger partial charge in [0, 0.05) is 32.9 Å². The molecule has 150 valence electrons. The second kappa shape index (κ2) is 8.05. The highest BCUT2D eigenvalue weighted by Crippen LogP contribution is 2.33. The number of hydrogen-bond acceptors (Lipinski definition) is 4. The summed E-state index contributed by atoms with van der Waals surface area (Å²) < 4.78 is 8.05. The molecule has 1 amide bonds. The predicted octanol–water partition coefficient (Wildman–Crippen LogP) is 2.24. The van der Waals surface area contributed by atoms with Crippen molar-refractivity contribution in [2.75, 3.05) is 26.2 Å². The van der Waals surface area contributed by atoms with Gasteiger partial charge in [0.25, 0.3) is 5.91 Å². The van der Waals surface area contributed by atoms with Crippen LogP contribution in [-0.4, -0.2) is 63.4 Å². The number of hydrogen-bond donors (Lipinski definition) is 0. The first-order valence-electron chi connectivity index (χ1n) is 10.2. The highest BCUT2D eigenvalue weighted by Gasteiger charge is 2.45. The second-order valence-electron chi connectivity index (χ2n) is 8.20. The summed E-state index contributed by atoms with van der Waals surface area (Å²) in [4.78, 5) is 17.1. The van der Waals surface area contributed by atoms with Crippen molar-refractivity contribution in [3.05, 3.63) is 53.9 Å². The van der Waals surface area contributed by atoms with Crippen molar-refractivity contribution in [3.63, 3.8) is 0 Å². The fraction of sp³-hybridized carbons (Fsp3) is 0.545. The summed E-state index contributed by atoms with van der Waals surface area (Å²) in [6.45, 7) is 6.23. The smallest absolute Gasteiger partial charge is 0.251 e. The van der Waals surface area contributed by atoms with Gasteiger partial charge in [-0.05, 0) is 37.8 Å². The van der Waals surface area contributed by atoms with Gasteiger partial charge in [-0.3, -0.25) is 9.48 Å². The molecule has 1 unspecified atom stereocenters. The molecule has 0 saturated carbocycles. The van der Waals surface area contributed by atoms with E-state index < -0.39 is 0 Å². The Morgan fingerprint density at radius 1 is 1.18 bits per heavy atom. The van der Waals surface area contributed by atoms with E-state index in [0.29, 0.717) is 13.1 Å². The van der Waals surface area contributed by atoms with Gasteiger partial charge in [0.05, 0.1) is 24.4 Å². The maximum atomic E-state index is 12.6. The van der Waals surface area contributed by atoms with Crippen LogP contribution in [0.2, 0.25) is 0 Å². The molecule has 2 saturated heterocycles. The number of carbonyl (C=O) groups excluding carboxylic acids is 1. The van der Waals surface area contributed by atoms with Gasteiger partial charge in [-0.1, -0.05) is 30.3 Å². The number of ether oxygens (including phenoxy) is 1. The molecule has 3 heterocycles. The SMILES string of the molecule is CC1OC2(CCN(CCc3ccccc3)CC2)CN(Cc2ccn(C)n2)C1=O. The van der Waals surface area contributed by atoms with E-state index in [-0.39, 0.29) is 17.6 Å². The molecule has 4 rings (SSSR count). The summed E-state index contributed by atoms with van der Waals surface area (Å²) in [5.74, 6) is 0.0720. The number of morpholine rings is 1. The lowest BCUT2D eigenvalue weighted by Crippen LogP contribution is -2.61. The third-order valence-electron chi connectivity index (χ3n) is 6.01. The summed E-state index contributed by atoms with van der Waals surface area (Å²) in [7, 11) is 1.90. The van der Waals surface area contributed by atoms with Crippen molar-refractivity contribution in [3.8, 4) is 0 Å². The van der Waals surface area contributed by atoms with Crippen LogP contribution in [0.1, 0.15) is 31.0 Å². The molecule has 0 bridgehead atoms. The lowest BCUT2D eigenvalue weighted by molar-refractivity contribution is -0.190. The highest BCUT2D eigenvalue weighted by molar-refractivity contribution is 5.81. The normalized spacial score (nSPS) is 22.7. The van der Waals surface area contributed by atoms with Gasteiger partial charge in [-0.2, -0.15) is 5.10 Å². The Hall–Kier alpha value is -2.18. The van der Waals surface area contributed by atoms with E-state index in [2.05, 4.69) is 40.3 Å². The van der Waals surface area contributed by atoms with E-state index in [1.165, 1.54) is 5.56 Å². The molecule has 2 fully saturated rings. The van der Waals surface area contributed by atoms with Crippen LogP contribution in [0.25, 0.3) is 0 Å². The van der Waals surface area contributed by atoms with Gasteiger partial charge in [-0.25, -0.2) is 0 Å². The minimum atomic E-state index is -0.381. The van der Waals surface area contributed by atoms with Gasteiger partial charge in [0.15, 0.2) is 0 Å². The fourth-order valence-corrected chi connectivity index (χ4v) is 4.41. The van der Waals surface area contributed by atoms with Gasteiger partial charge < -0.3 is 14.5 Å². The average molecular weight is 383 g/mol. The van der Waals surface area contributed by atoms with Crippen molar-refractivity contribution < 1.29 is 9.53 Å². The zero-order chi connectivity index (χ0) is 19.6. The van der Waals surface area contributed by atoms with E-state index in [1.54, 1.807) is 4.68 Å². The number of likely N-dealkylation sites (tertiary alicyclic amines) is 1. The van der Waals surface area contributed by atoms with Gasteiger partial charge in [-0.15, -0.1) is 0 Å². The Kier molecular flexibility index (Phi) is 5.51. The van der Waals surface area contributed by atoms with Gasteiger partial charge >= 0.3 is 0 Å². The van der Waals surface area contributed by atoms with Crippen LogP contribution in [0, 0.1) is 0 Å².